The molecule has 0 radical (unpaired) electrons. The zero-order valence-electron chi connectivity index (χ0n) is 12.8. The second-order valence-electron chi connectivity index (χ2n) is 5.25. The summed E-state index contributed by atoms with van der Waals surface area (Å²) in [5.74, 6) is 0.246. The van der Waals surface area contributed by atoms with Crippen LogP contribution in [-0.2, 0) is 0 Å². The Morgan fingerprint density at radius 3 is 2.83 bits per heavy atom. The first-order valence-corrected chi connectivity index (χ1v) is 7.35. The number of rotatable bonds is 3. The molecule has 0 unspecified atom stereocenters. The van der Waals surface area contributed by atoms with Crippen molar-refractivity contribution in [2.45, 2.75) is 6.92 Å². The van der Waals surface area contributed by atoms with E-state index in [0.717, 1.165) is 5.69 Å². The van der Waals surface area contributed by atoms with Crippen LogP contribution in [0, 0.1) is 6.92 Å². The summed E-state index contributed by atoms with van der Waals surface area (Å²) in [6.07, 6.45) is 1.59. The van der Waals surface area contributed by atoms with E-state index in [4.69, 9.17) is 4.42 Å². The standard InChI is InChI=1S/C17H13N5O2/c1-11-18-14-9-12(7-8-16(14)24-11)19-17(23)15-10-22(21-20-15)13-5-3-2-4-6-13/h2-10H,1H3,(H,19,23). The number of para-hydroxylation sites is 1. The molecule has 24 heavy (non-hydrogen) atoms. The number of hydrogen-bond donors (Lipinski definition) is 1. The van der Waals surface area contributed by atoms with Gasteiger partial charge in [-0.2, -0.15) is 0 Å². The summed E-state index contributed by atoms with van der Waals surface area (Å²) in [6, 6.07) is 14.8. The third kappa shape index (κ3) is 2.63. The van der Waals surface area contributed by atoms with Crippen LogP contribution in [0.3, 0.4) is 0 Å². The molecule has 0 aliphatic rings. The number of oxazole rings is 1. The van der Waals surface area contributed by atoms with E-state index in [-0.39, 0.29) is 11.6 Å². The Morgan fingerprint density at radius 2 is 2.00 bits per heavy atom. The van der Waals surface area contributed by atoms with Crippen LogP contribution >= 0.6 is 0 Å². The summed E-state index contributed by atoms with van der Waals surface area (Å²) in [7, 11) is 0. The molecule has 0 aliphatic carbocycles. The highest BCUT2D eigenvalue weighted by atomic mass is 16.3. The molecular formula is C17H13N5O2. The molecule has 4 rings (SSSR count). The van der Waals surface area contributed by atoms with Crippen molar-refractivity contribution in [3.05, 3.63) is 66.3 Å². The second-order valence-corrected chi connectivity index (χ2v) is 5.25. The summed E-state index contributed by atoms with van der Waals surface area (Å²) in [4.78, 5) is 16.6. The smallest absolute Gasteiger partial charge is 0.277 e. The first-order chi connectivity index (χ1) is 11.7. The Labute approximate surface area is 136 Å². The van der Waals surface area contributed by atoms with Crippen LogP contribution in [0.5, 0.6) is 0 Å². The Bertz CT molecular complexity index is 1020. The fourth-order valence-electron chi connectivity index (χ4n) is 2.39. The van der Waals surface area contributed by atoms with Crippen LogP contribution in [0.2, 0.25) is 0 Å². The van der Waals surface area contributed by atoms with Gasteiger partial charge < -0.3 is 9.73 Å². The lowest BCUT2D eigenvalue weighted by Gasteiger charge is -2.02. The molecule has 0 aliphatic heterocycles. The zero-order valence-corrected chi connectivity index (χ0v) is 12.8. The predicted octanol–water partition coefficient (Wildman–Crippen LogP) is 2.97. The van der Waals surface area contributed by atoms with Gasteiger partial charge in [0.2, 0.25) is 0 Å². The van der Waals surface area contributed by atoms with Crippen molar-refractivity contribution in [1.29, 1.82) is 0 Å². The molecule has 0 fully saturated rings. The number of fused-ring (bicyclic) bond motifs is 1. The fraction of sp³-hybridized carbons (Fsp3) is 0.0588. The van der Waals surface area contributed by atoms with Gasteiger partial charge in [-0.05, 0) is 30.3 Å². The second kappa shape index (κ2) is 5.62. The number of anilines is 1. The number of carbonyl (C=O) groups is 1. The zero-order chi connectivity index (χ0) is 16.5. The number of amides is 1. The highest BCUT2D eigenvalue weighted by molar-refractivity contribution is 6.03. The summed E-state index contributed by atoms with van der Waals surface area (Å²) in [5.41, 5.74) is 3.06. The van der Waals surface area contributed by atoms with E-state index in [0.29, 0.717) is 22.7 Å². The van der Waals surface area contributed by atoms with E-state index in [2.05, 4.69) is 20.6 Å². The summed E-state index contributed by atoms with van der Waals surface area (Å²) in [6.45, 7) is 1.78. The minimum absolute atomic E-state index is 0.232. The molecule has 7 nitrogen and oxygen atoms in total. The average molecular weight is 319 g/mol. The Balaban J connectivity index is 1.56. The van der Waals surface area contributed by atoms with Crippen LogP contribution in [0.4, 0.5) is 5.69 Å². The van der Waals surface area contributed by atoms with E-state index in [9.17, 15) is 4.79 Å². The number of hydrogen-bond acceptors (Lipinski definition) is 5. The number of carbonyl (C=O) groups excluding carboxylic acids is 1. The van der Waals surface area contributed by atoms with E-state index >= 15 is 0 Å². The van der Waals surface area contributed by atoms with Gasteiger partial charge in [-0.15, -0.1) is 5.10 Å². The SMILES string of the molecule is Cc1nc2cc(NC(=O)c3cn(-c4ccccc4)nn3)ccc2o1. The molecule has 118 valence electrons. The minimum atomic E-state index is -0.336. The lowest BCUT2D eigenvalue weighted by molar-refractivity contribution is 0.102. The van der Waals surface area contributed by atoms with Gasteiger partial charge in [0.05, 0.1) is 11.9 Å². The van der Waals surface area contributed by atoms with Gasteiger partial charge in [0.25, 0.3) is 5.91 Å². The third-order valence-electron chi connectivity index (χ3n) is 3.50. The van der Waals surface area contributed by atoms with Crippen LogP contribution in [0.1, 0.15) is 16.4 Å². The first kappa shape index (κ1) is 14.1. The molecule has 0 spiro atoms. The third-order valence-corrected chi connectivity index (χ3v) is 3.50. The highest BCUT2D eigenvalue weighted by Gasteiger charge is 2.13. The lowest BCUT2D eigenvalue weighted by atomic mass is 10.2. The van der Waals surface area contributed by atoms with E-state index < -0.39 is 0 Å². The maximum Gasteiger partial charge on any atom is 0.277 e. The van der Waals surface area contributed by atoms with Crippen molar-refractivity contribution < 1.29 is 9.21 Å². The molecule has 4 aromatic rings. The molecule has 0 saturated carbocycles. The molecule has 1 amide bonds. The molecule has 0 bridgehead atoms. The molecule has 7 heteroatoms. The molecule has 1 N–H and O–H groups in total. The topological polar surface area (TPSA) is 85.8 Å². The van der Waals surface area contributed by atoms with Crippen molar-refractivity contribution in [3.63, 3.8) is 0 Å². The van der Waals surface area contributed by atoms with Gasteiger partial charge in [0, 0.05) is 12.6 Å². The predicted molar refractivity (Wildman–Crippen MR) is 88.1 cm³/mol. The molecule has 2 heterocycles. The highest BCUT2D eigenvalue weighted by Crippen LogP contribution is 2.20. The maximum atomic E-state index is 12.3. The Hall–Kier alpha value is -3.48. The molecular weight excluding hydrogens is 306 g/mol. The normalized spacial score (nSPS) is 10.9. The van der Waals surface area contributed by atoms with Crippen molar-refractivity contribution in [3.8, 4) is 5.69 Å². The van der Waals surface area contributed by atoms with E-state index in [1.807, 2.05) is 30.3 Å². The van der Waals surface area contributed by atoms with Gasteiger partial charge in [-0.3, -0.25) is 4.79 Å². The Morgan fingerprint density at radius 1 is 1.17 bits per heavy atom. The lowest BCUT2D eigenvalue weighted by Crippen LogP contribution is -2.12. The van der Waals surface area contributed by atoms with Crippen molar-refractivity contribution in [2.75, 3.05) is 5.32 Å². The average Bonchev–Trinajstić information content (AvgIpc) is 3.21. The van der Waals surface area contributed by atoms with Crippen LogP contribution in [0.25, 0.3) is 16.8 Å². The largest absolute Gasteiger partial charge is 0.441 e. The Kier molecular flexibility index (Phi) is 3.31. The molecule has 2 aromatic carbocycles. The fourth-order valence-corrected chi connectivity index (χ4v) is 2.39. The van der Waals surface area contributed by atoms with Crippen molar-refractivity contribution in [2.24, 2.45) is 0 Å². The quantitative estimate of drug-likeness (QED) is 0.627. The first-order valence-electron chi connectivity index (χ1n) is 7.35. The number of nitrogens with one attached hydrogen (secondary N) is 1. The van der Waals surface area contributed by atoms with Gasteiger partial charge in [0.15, 0.2) is 17.2 Å². The number of aryl methyl sites for hydroxylation is 1. The summed E-state index contributed by atoms with van der Waals surface area (Å²) in [5, 5.41) is 10.7. The van der Waals surface area contributed by atoms with Gasteiger partial charge in [0.1, 0.15) is 5.52 Å². The van der Waals surface area contributed by atoms with Gasteiger partial charge in [-0.1, -0.05) is 23.4 Å². The number of aromatic nitrogens is 4. The maximum absolute atomic E-state index is 12.3. The van der Waals surface area contributed by atoms with Crippen LogP contribution in [0.15, 0.2) is 59.1 Å². The minimum Gasteiger partial charge on any atom is -0.441 e. The summed E-state index contributed by atoms with van der Waals surface area (Å²) >= 11 is 0. The van der Waals surface area contributed by atoms with Crippen molar-refractivity contribution in [1.82, 2.24) is 20.0 Å². The number of nitrogens with zero attached hydrogens (tertiary/aromatic N) is 4. The van der Waals surface area contributed by atoms with Gasteiger partial charge in [-0.25, -0.2) is 9.67 Å². The van der Waals surface area contributed by atoms with Gasteiger partial charge >= 0.3 is 0 Å². The molecule has 0 atom stereocenters. The monoisotopic (exact) mass is 319 g/mol. The molecule has 0 saturated heterocycles. The van der Waals surface area contributed by atoms with E-state index in [1.165, 1.54) is 0 Å². The van der Waals surface area contributed by atoms with Crippen LogP contribution in [-0.4, -0.2) is 25.9 Å². The number of benzene rings is 2. The van der Waals surface area contributed by atoms with Crippen molar-refractivity contribution >= 4 is 22.7 Å². The summed E-state index contributed by atoms with van der Waals surface area (Å²) < 4.78 is 6.97. The molecule has 2 aromatic heterocycles. The van der Waals surface area contributed by atoms with E-state index in [1.54, 1.807) is 36.0 Å². The van der Waals surface area contributed by atoms with Crippen LogP contribution < -0.4 is 5.32 Å².